The monoisotopic (exact) mass is 1630 g/mol. The normalized spacial score (nSPS) is 12.0. The molecule has 10 N–H and O–H groups in total. The van der Waals surface area contributed by atoms with Crippen molar-refractivity contribution in [2.24, 2.45) is 0 Å². The number of hydrogen-bond acceptors (Lipinski definition) is 23. The molecule has 0 aliphatic heterocycles. The van der Waals surface area contributed by atoms with Crippen LogP contribution in [-0.2, 0) is 118 Å². The topological polar surface area (TPSA) is 419 Å². The number of ether oxygens (including phenoxy) is 13. The van der Waals surface area contributed by atoms with E-state index in [1.54, 1.807) is 83.1 Å². The molecule has 0 saturated carbocycles. The van der Waals surface area contributed by atoms with Gasteiger partial charge in [-0.2, -0.15) is 0 Å². The number of carboxylic acid groups (broad SMARTS) is 1. The number of benzene rings is 4. The van der Waals surface area contributed by atoms with Gasteiger partial charge in [-0.1, -0.05) is 6.42 Å². The predicted octanol–water partition coefficient (Wildman–Crippen LogP) is 8.94. The van der Waals surface area contributed by atoms with Gasteiger partial charge in [0.05, 0.1) is 33.0 Å². The number of carbonyl (C=O) groups is 10. The Balaban J connectivity index is 1.89. The number of fused-ring (bicyclic) bond motifs is 8. The number of aliphatic carboxylic acids is 1. The minimum absolute atomic E-state index is 0.00533. The molecule has 9 amide bonds. The third-order valence-corrected chi connectivity index (χ3v) is 16.2. The van der Waals surface area contributed by atoms with E-state index in [4.69, 9.17) is 66.7 Å². The minimum Gasteiger partial charge on any atom is -0.491 e. The Morgan fingerprint density at radius 2 is 0.560 bits per heavy atom. The third-order valence-electron chi connectivity index (χ3n) is 16.2. The van der Waals surface area contributed by atoms with E-state index in [9.17, 15) is 47.9 Å². The van der Waals surface area contributed by atoms with Gasteiger partial charge >= 0.3 is 36.4 Å². The van der Waals surface area contributed by atoms with Crippen molar-refractivity contribution in [3.05, 3.63) is 115 Å². The molecule has 0 fully saturated rings. The number of unbranched alkanes of at least 4 members (excludes halogenated alkanes) is 2. The van der Waals surface area contributed by atoms with Crippen LogP contribution in [-0.4, -0.2) is 206 Å². The smallest absolute Gasteiger partial charge is 0.408 e. The molecular weight excluding hydrogens is 1510 g/mol. The van der Waals surface area contributed by atoms with Crippen LogP contribution in [0.15, 0.2) is 48.5 Å². The lowest BCUT2D eigenvalue weighted by atomic mass is 9.88. The number of rotatable bonds is 44. The Bertz CT molecular complexity index is 3740. The van der Waals surface area contributed by atoms with Crippen LogP contribution in [0.4, 0.5) is 24.0 Å². The van der Waals surface area contributed by atoms with Gasteiger partial charge in [0.15, 0.2) is 0 Å². The maximum Gasteiger partial charge on any atom is 0.408 e. The second-order valence-electron chi connectivity index (χ2n) is 31.1. The van der Waals surface area contributed by atoms with Gasteiger partial charge < -0.3 is 115 Å². The zero-order chi connectivity index (χ0) is 85.4. The zero-order valence-electron chi connectivity index (χ0n) is 70.2. The van der Waals surface area contributed by atoms with Gasteiger partial charge in [0.2, 0.25) is 23.6 Å². The summed E-state index contributed by atoms with van der Waals surface area (Å²) in [6.07, 6.45) is -2.11. The number of carboxylic acids is 1. The maximum atomic E-state index is 13.9. The van der Waals surface area contributed by atoms with E-state index in [0.29, 0.717) is 129 Å². The summed E-state index contributed by atoms with van der Waals surface area (Å²) >= 11 is 0. The van der Waals surface area contributed by atoms with Crippen molar-refractivity contribution in [1.29, 1.82) is 0 Å². The Kier molecular flexibility index (Phi) is 40.5. The van der Waals surface area contributed by atoms with E-state index < -0.39 is 109 Å². The summed E-state index contributed by atoms with van der Waals surface area (Å²) in [6.45, 7) is 25.7. The highest BCUT2D eigenvalue weighted by atomic mass is 16.6. The highest BCUT2D eigenvalue weighted by Gasteiger charge is 2.28. The lowest BCUT2D eigenvalue weighted by molar-refractivity contribution is -0.137. The molecule has 116 heavy (non-hydrogen) atoms. The molecule has 4 aromatic rings. The van der Waals surface area contributed by atoms with Crippen LogP contribution in [0.25, 0.3) is 0 Å². The molecule has 33 heteroatoms. The van der Waals surface area contributed by atoms with Crippen molar-refractivity contribution in [1.82, 2.24) is 47.9 Å². The standard InChI is InChI=1S/C83H123N9O24/c1-16-104-24-29-108-71-58-34-54(46-85-66(93)50-89-76(100)113-80(4,5)6)35-59(71)43-61-37-56(48-87-68(95)52-91-78(102)115-82(10,11)12)39-63(73(61)110-31-26-106-18-3)45-65-41-57(49-88-69(96)53-92-79(103)116-83(13,14)15)40-64(74(65)111-32-27-107-28-33-112-75(99)84-23-21-19-20-22-70(97)98)44-62-38-55(36-60(42-58)72(62)109-30-25-105-17-2)47-86-67(94)51-90-77(101)114-81(7,8)9/h34-41H,16-33,42-53H2,1-15H3,(H,84,99)(H,85,93)(H,86,94)(H,87,95)(H,88,96)(H,89,100)(H,90,101)(H,91,102)(H,92,103)(H,97,98). The van der Waals surface area contributed by atoms with Gasteiger partial charge in [-0.05, 0) is 232 Å². The van der Waals surface area contributed by atoms with Crippen LogP contribution >= 0.6 is 0 Å². The van der Waals surface area contributed by atoms with E-state index in [-0.39, 0.29) is 131 Å². The van der Waals surface area contributed by atoms with Gasteiger partial charge in [-0.15, -0.1) is 0 Å². The van der Waals surface area contributed by atoms with Crippen LogP contribution < -0.4 is 66.8 Å². The van der Waals surface area contributed by atoms with Crippen LogP contribution in [0.3, 0.4) is 0 Å². The Morgan fingerprint density at radius 1 is 0.310 bits per heavy atom. The van der Waals surface area contributed by atoms with Gasteiger partial charge in [0.25, 0.3) is 0 Å². The Morgan fingerprint density at radius 3 is 0.802 bits per heavy atom. The molecule has 0 saturated heterocycles. The van der Waals surface area contributed by atoms with Crippen molar-refractivity contribution >= 4 is 60.1 Å². The van der Waals surface area contributed by atoms with Crippen molar-refractivity contribution in [3.8, 4) is 23.0 Å². The quantitative estimate of drug-likeness (QED) is 0.0128. The van der Waals surface area contributed by atoms with Crippen molar-refractivity contribution in [3.63, 3.8) is 0 Å². The molecule has 0 aromatic heterocycles. The van der Waals surface area contributed by atoms with Crippen molar-refractivity contribution in [2.75, 3.05) is 119 Å². The molecule has 0 radical (unpaired) electrons. The maximum absolute atomic E-state index is 13.9. The van der Waals surface area contributed by atoms with Crippen LogP contribution in [0.5, 0.6) is 23.0 Å². The first-order chi connectivity index (χ1) is 54.9. The lowest BCUT2D eigenvalue weighted by Gasteiger charge is -2.25. The Hall–Kier alpha value is -10.4. The molecule has 0 heterocycles. The molecule has 8 bridgehead atoms. The fourth-order valence-electron chi connectivity index (χ4n) is 11.6. The summed E-state index contributed by atoms with van der Waals surface area (Å²) in [5, 5.41) is 33.6. The lowest BCUT2D eigenvalue weighted by Crippen LogP contribution is -2.39. The fourth-order valence-corrected chi connectivity index (χ4v) is 11.6. The summed E-state index contributed by atoms with van der Waals surface area (Å²) in [5.74, 6) is -1.49. The largest absolute Gasteiger partial charge is 0.491 e. The molecule has 33 nitrogen and oxygen atoms in total. The average molecular weight is 1630 g/mol. The molecule has 0 unspecified atom stereocenters. The average Bonchev–Trinajstić information content (AvgIpc) is 0.772. The summed E-state index contributed by atoms with van der Waals surface area (Å²) in [6, 6.07) is 15.0. The van der Waals surface area contributed by atoms with Gasteiger partial charge in [0, 0.05) is 84.6 Å². The highest BCUT2D eigenvalue weighted by Crippen LogP contribution is 2.41. The van der Waals surface area contributed by atoms with Gasteiger partial charge in [0.1, 0.15) is 105 Å². The minimum atomic E-state index is -0.893. The Labute approximate surface area is 680 Å². The number of alkyl carbamates (subject to hydrolysis) is 5. The first-order valence-corrected chi connectivity index (χ1v) is 39.4. The highest BCUT2D eigenvalue weighted by molar-refractivity contribution is 5.84. The fraction of sp³-hybridized carbons (Fsp3) is 0.590. The first kappa shape index (κ1) is 96.2. The number of nitrogens with one attached hydrogen (secondary N) is 9. The molecule has 644 valence electrons. The molecule has 1 aliphatic rings. The first-order valence-electron chi connectivity index (χ1n) is 39.4. The van der Waals surface area contributed by atoms with Crippen molar-refractivity contribution < 1.29 is 115 Å². The molecule has 0 spiro atoms. The van der Waals surface area contributed by atoms with E-state index in [2.05, 4.69) is 47.9 Å². The molecule has 4 aromatic carbocycles. The van der Waals surface area contributed by atoms with E-state index in [1.807, 2.05) is 69.3 Å². The van der Waals surface area contributed by atoms with Gasteiger partial charge in [-0.3, -0.25) is 24.0 Å². The van der Waals surface area contributed by atoms with E-state index in [0.717, 1.165) is 0 Å². The molecule has 0 atom stereocenters. The molecule has 1 aliphatic carbocycles. The van der Waals surface area contributed by atoms with E-state index in [1.165, 1.54) is 0 Å². The molecular formula is C83H123N9O24. The SMILES string of the molecule is CCOCCOc1c2cc(CNC(=O)CNC(=O)OC(C)(C)C)cc1Cc1cc(CNC(=O)CNC(=O)OC(C)(C)C)cc(c1OCCOCC)Cc1cc(CNC(=O)CNC(=O)OC(C)(C)C)cc(c1OCCOCCOC(=O)NCCCCCC(=O)O)Cc1cc(CNC(=O)CNC(=O)OC(C)(C)C)cc(c1OCCOCC)C2. The van der Waals surface area contributed by atoms with Crippen LogP contribution in [0, 0.1) is 0 Å². The number of carbonyl (C=O) groups excluding carboxylic acids is 9. The van der Waals surface area contributed by atoms with Crippen LogP contribution in [0.1, 0.15) is 196 Å². The summed E-state index contributed by atoms with van der Waals surface area (Å²) in [4.78, 5) is 130. The zero-order valence-corrected chi connectivity index (χ0v) is 70.2. The number of amides is 9. The second kappa shape index (κ2) is 48.9. The van der Waals surface area contributed by atoms with Crippen LogP contribution in [0.2, 0.25) is 0 Å². The molecule has 5 rings (SSSR count). The predicted molar refractivity (Wildman–Crippen MR) is 429 cm³/mol. The summed E-state index contributed by atoms with van der Waals surface area (Å²) < 4.78 is 78.7. The summed E-state index contributed by atoms with van der Waals surface area (Å²) in [7, 11) is 0. The second-order valence-corrected chi connectivity index (χ2v) is 31.1. The van der Waals surface area contributed by atoms with Gasteiger partial charge in [-0.25, -0.2) is 24.0 Å². The van der Waals surface area contributed by atoms with Crippen molar-refractivity contribution in [2.45, 2.75) is 204 Å². The summed E-state index contributed by atoms with van der Waals surface area (Å²) in [5.41, 5.74) is 3.46. The van der Waals surface area contributed by atoms with E-state index >= 15 is 0 Å². The third kappa shape index (κ3) is 39.3. The number of hydrogen-bond donors (Lipinski definition) is 10.